The molecule has 1 amide bonds. The molecule has 1 atom stereocenters. The van der Waals surface area contributed by atoms with Gasteiger partial charge in [-0.25, -0.2) is 4.39 Å². The van der Waals surface area contributed by atoms with Crippen molar-refractivity contribution in [1.82, 2.24) is 5.32 Å². The van der Waals surface area contributed by atoms with Crippen molar-refractivity contribution in [3.8, 4) is 0 Å². The minimum atomic E-state index is -0.451. The van der Waals surface area contributed by atoms with Gasteiger partial charge in [0.15, 0.2) is 0 Å². The number of amides is 1. The average molecular weight is 271 g/mol. The molecule has 5 heteroatoms. The molecule has 1 fully saturated rings. The third-order valence-corrected chi connectivity index (χ3v) is 3.54. The minimum absolute atomic E-state index is 0.00282. The van der Waals surface area contributed by atoms with E-state index in [0.717, 1.165) is 12.8 Å². The first kappa shape index (κ1) is 13.3. The van der Waals surface area contributed by atoms with Crippen LogP contribution in [0.3, 0.4) is 0 Å². The van der Waals surface area contributed by atoms with Crippen LogP contribution in [0.15, 0.2) is 18.2 Å². The van der Waals surface area contributed by atoms with Crippen LogP contribution in [-0.4, -0.2) is 18.5 Å². The van der Waals surface area contributed by atoms with Crippen LogP contribution in [0.4, 0.5) is 4.39 Å². The molecule has 98 valence electrons. The van der Waals surface area contributed by atoms with Crippen molar-refractivity contribution in [3.05, 3.63) is 34.6 Å². The summed E-state index contributed by atoms with van der Waals surface area (Å²) in [5.41, 5.74) is 5.84. The smallest absolute Gasteiger partial charge is 0.224 e. The number of carbonyl (C=O) groups is 1. The highest BCUT2D eigenvalue weighted by molar-refractivity contribution is 6.31. The monoisotopic (exact) mass is 270 g/mol. The third-order valence-electron chi connectivity index (χ3n) is 3.19. The Morgan fingerprint density at radius 1 is 1.56 bits per heavy atom. The summed E-state index contributed by atoms with van der Waals surface area (Å²) in [5, 5.41) is 3.12. The molecule has 18 heavy (non-hydrogen) atoms. The number of halogens is 2. The summed E-state index contributed by atoms with van der Waals surface area (Å²) in [6, 6.07) is 4.40. The minimum Gasteiger partial charge on any atom is -0.352 e. The summed E-state index contributed by atoms with van der Waals surface area (Å²) < 4.78 is 13.5. The predicted molar refractivity (Wildman–Crippen MR) is 68.8 cm³/mol. The maximum Gasteiger partial charge on any atom is 0.224 e. The summed E-state index contributed by atoms with van der Waals surface area (Å²) in [7, 11) is 0. The summed E-state index contributed by atoms with van der Waals surface area (Å²) in [4.78, 5) is 11.8. The van der Waals surface area contributed by atoms with Crippen LogP contribution < -0.4 is 11.1 Å². The van der Waals surface area contributed by atoms with Gasteiger partial charge in [0, 0.05) is 23.2 Å². The van der Waals surface area contributed by atoms with Gasteiger partial charge in [0.2, 0.25) is 5.91 Å². The van der Waals surface area contributed by atoms with Crippen molar-refractivity contribution in [2.75, 3.05) is 6.54 Å². The first-order valence-corrected chi connectivity index (χ1v) is 6.42. The molecule has 0 heterocycles. The number of hydrogen-bond acceptors (Lipinski definition) is 2. The fourth-order valence-electron chi connectivity index (χ4n) is 1.99. The Hall–Kier alpha value is -1.13. The van der Waals surface area contributed by atoms with E-state index in [1.807, 2.05) is 0 Å². The van der Waals surface area contributed by atoms with Gasteiger partial charge in [-0.3, -0.25) is 4.79 Å². The zero-order valence-electron chi connectivity index (χ0n) is 9.96. The molecule has 1 unspecified atom stereocenters. The third kappa shape index (κ3) is 3.21. The number of carbonyl (C=O) groups excluding carboxylic acids is 1. The van der Waals surface area contributed by atoms with Gasteiger partial charge in [0.25, 0.3) is 0 Å². The maximum atomic E-state index is 13.5. The Kier molecular flexibility index (Phi) is 4.19. The molecule has 0 bridgehead atoms. The predicted octanol–water partition coefficient (Wildman–Crippen LogP) is 1.88. The SMILES string of the molecule is NCC(NC(=O)Cc1c(F)cccc1Cl)C1CC1. The lowest BCUT2D eigenvalue weighted by molar-refractivity contribution is -0.121. The molecule has 1 aliphatic rings. The van der Waals surface area contributed by atoms with Gasteiger partial charge >= 0.3 is 0 Å². The number of hydrogen-bond donors (Lipinski definition) is 2. The van der Waals surface area contributed by atoms with Gasteiger partial charge in [0.05, 0.1) is 6.42 Å². The summed E-state index contributed by atoms with van der Waals surface area (Å²) in [5.74, 6) is -0.201. The normalized spacial score (nSPS) is 16.4. The molecule has 1 aromatic rings. The van der Waals surface area contributed by atoms with E-state index in [9.17, 15) is 9.18 Å². The Labute approximate surface area is 111 Å². The molecule has 0 spiro atoms. The van der Waals surface area contributed by atoms with Crippen LogP contribution in [0, 0.1) is 11.7 Å². The fraction of sp³-hybridized carbons (Fsp3) is 0.462. The molecule has 1 aromatic carbocycles. The molecule has 0 aliphatic heterocycles. The summed E-state index contributed by atoms with van der Waals surface area (Å²) >= 11 is 5.87. The van der Waals surface area contributed by atoms with E-state index in [4.69, 9.17) is 17.3 Å². The van der Waals surface area contributed by atoms with Crippen molar-refractivity contribution < 1.29 is 9.18 Å². The molecular weight excluding hydrogens is 255 g/mol. The summed E-state index contributed by atoms with van der Waals surface area (Å²) in [6.45, 7) is 0.418. The molecule has 0 saturated heterocycles. The second kappa shape index (κ2) is 5.67. The van der Waals surface area contributed by atoms with Crippen molar-refractivity contribution >= 4 is 17.5 Å². The molecule has 2 rings (SSSR count). The highest BCUT2D eigenvalue weighted by Crippen LogP contribution is 2.32. The molecule has 3 N–H and O–H groups in total. The van der Waals surface area contributed by atoms with E-state index in [-0.39, 0.29) is 29.0 Å². The van der Waals surface area contributed by atoms with Crippen LogP contribution in [-0.2, 0) is 11.2 Å². The zero-order chi connectivity index (χ0) is 13.1. The highest BCUT2D eigenvalue weighted by Gasteiger charge is 2.31. The molecular formula is C13H16ClFN2O. The van der Waals surface area contributed by atoms with Gasteiger partial charge in [-0.2, -0.15) is 0 Å². The maximum absolute atomic E-state index is 13.5. The van der Waals surface area contributed by atoms with Gasteiger partial charge in [-0.1, -0.05) is 17.7 Å². The first-order valence-electron chi connectivity index (χ1n) is 6.04. The molecule has 3 nitrogen and oxygen atoms in total. The first-order chi connectivity index (χ1) is 8.61. The van der Waals surface area contributed by atoms with E-state index >= 15 is 0 Å². The van der Waals surface area contributed by atoms with Crippen molar-refractivity contribution in [2.24, 2.45) is 11.7 Å². The zero-order valence-corrected chi connectivity index (χ0v) is 10.7. The van der Waals surface area contributed by atoms with Crippen molar-refractivity contribution in [3.63, 3.8) is 0 Å². The topological polar surface area (TPSA) is 55.1 Å². The number of rotatable bonds is 5. The summed E-state index contributed by atoms with van der Waals surface area (Å²) in [6.07, 6.45) is 2.15. The van der Waals surface area contributed by atoms with Crippen LogP contribution >= 0.6 is 11.6 Å². The van der Waals surface area contributed by atoms with Crippen LogP contribution in [0.2, 0.25) is 5.02 Å². The number of benzene rings is 1. The molecule has 0 radical (unpaired) electrons. The lowest BCUT2D eigenvalue weighted by Crippen LogP contribution is -2.42. The van der Waals surface area contributed by atoms with Crippen LogP contribution in [0.25, 0.3) is 0 Å². The molecule has 1 saturated carbocycles. The van der Waals surface area contributed by atoms with Crippen LogP contribution in [0.5, 0.6) is 0 Å². The average Bonchev–Trinajstić information content (AvgIpc) is 3.15. The second-order valence-corrected chi connectivity index (χ2v) is 5.03. The largest absolute Gasteiger partial charge is 0.352 e. The van der Waals surface area contributed by atoms with Crippen molar-refractivity contribution in [2.45, 2.75) is 25.3 Å². The Morgan fingerprint density at radius 2 is 2.28 bits per heavy atom. The van der Waals surface area contributed by atoms with Gasteiger partial charge in [0.1, 0.15) is 5.82 Å². The second-order valence-electron chi connectivity index (χ2n) is 4.62. The Balaban J connectivity index is 1.98. The molecule has 0 aromatic heterocycles. The van der Waals surface area contributed by atoms with Gasteiger partial charge < -0.3 is 11.1 Å². The quantitative estimate of drug-likeness (QED) is 0.858. The number of nitrogens with two attached hydrogens (primary N) is 1. The Bertz CT molecular complexity index is 428. The van der Waals surface area contributed by atoms with Gasteiger partial charge in [-0.15, -0.1) is 0 Å². The number of nitrogens with one attached hydrogen (secondary N) is 1. The van der Waals surface area contributed by atoms with E-state index in [1.165, 1.54) is 12.1 Å². The van der Waals surface area contributed by atoms with E-state index in [1.54, 1.807) is 6.07 Å². The molecule has 1 aliphatic carbocycles. The fourth-order valence-corrected chi connectivity index (χ4v) is 2.22. The van der Waals surface area contributed by atoms with E-state index < -0.39 is 5.82 Å². The standard InChI is InChI=1S/C13H16ClFN2O/c14-10-2-1-3-11(15)9(10)6-13(18)17-12(7-16)8-4-5-8/h1-3,8,12H,4-7,16H2,(H,17,18). The Morgan fingerprint density at radius 3 is 2.83 bits per heavy atom. The van der Waals surface area contributed by atoms with E-state index in [0.29, 0.717) is 12.5 Å². The van der Waals surface area contributed by atoms with E-state index in [2.05, 4.69) is 5.32 Å². The van der Waals surface area contributed by atoms with Crippen molar-refractivity contribution in [1.29, 1.82) is 0 Å². The van der Waals surface area contributed by atoms with Crippen LogP contribution in [0.1, 0.15) is 18.4 Å². The lowest BCUT2D eigenvalue weighted by atomic mass is 10.1. The van der Waals surface area contributed by atoms with Gasteiger partial charge in [-0.05, 0) is 30.9 Å². The lowest BCUT2D eigenvalue weighted by Gasteiger charge is -2.16. The highest BCUT2D eigenvalue weighted by atomic mass is 35.5.